The molecule has 2 aromatic carbocycles. The molecular weight excluding hydrogens is 290 g/mol. The molecule has 3 heteroatoms. The van der Waals surface area contributed by atoms with Gasteiger partial charge < -0.3 is 5.32 Å². The Hall–Kier alpha value is -1.61. The number of hydrogen-bond acceptors (Lipinski definition) is 1. The third-order valence-corrected chi connectivity index (χ3v) is 3.08. The van der Waals surface area contributed by atoms with E-state index in [1.165, 1.54) is 0 Å². The zero-order valence-corrected chi connectivity index (χ0v) is 11.5. The Bertz CT molecular complexity index is 525. The van der Waals surface area contributed by atoms with E-state index in [1.54, 1.807) is 0 Å². The maximum atomic E-state index is 11.7. The first-order valence-corrected chi connectivity index (χ1v) is 6.63. The number of halogens is 1. The molecule has 0 heterocycles. The highest BCUT2D eigenvalue weighted by atomic mass is 79.9. The highest BCUT2D eigenvalue weighted by molar-refractivity contribution is 9.10. The van der Waals surface area contributed by atoms with Crippen LogP contribution in [-0.4, -0.2) is 5.91 Å². The average Bonchev–Trinajstić information content (AvgIpc) is 2.38. The minimum atomic E-state index is 0.0428. The Kier molecular flexibility index (Phi) is 4.53. The Morgan fingerprint density at radius 2 is 1.83 bits per heavy atom. The van der Waals surface area contributed by atoms with E-state index in [1.807, 2.05) is 54.6 Å². The molecule has 2 rings (SSSR count). The predicted molar refractivity (Wildman–Crippen MR) is 77.5 cm³/mol. The predicted octanol–water partition coefficient (Wildman–Crippen LogP) is 4.02. The van der Waals surface area contributed by atoms with E-state index in [0.29, 0.717) is 6.42 Å². The van der Waals surface area contributed by atoms with Gasteiger partial charge in [0.1, 0.15) is 0 Å². The first kappa shape index (κ1) is 12.8. The Morgan fingerprint density at radius 3 is 2.56 bits per heavy atom. The summed E-state index contributed by atoms with van der Waals surface area (Å²) in [5.41, 5.74) is 2.00. The Morgan fingerprint density at radius 1 is 1.06 bits per heavy atom. The highest BCUT2D eigenvalue weighted by Gasteiger charge is 2.03. The first-order valence-electron chi connectivity index (χ1n) is 5.83. The lowest BCUT2D eigenvalue weighted by Gasteiger charge is -2.05. The molecule has 0 fully saturated rings. The smallest absolute Gasteiger partial charge is 0.224 e. The highest BCUT2D eigenvalue weighted by Crippen LogP contribution is 2.13. The van der Waals surface area contributed by atoms with Gasteiger partial charge in [-0.15, -0.1) is 0 Å². The van der Waals surface area contributed by atoms with E-state index in [4.69, 9.17) is 0 Å². The van der Waals surface area contributed by atoms with Gasteiger partial charge in [-0.05, 0) is 36.2 Å². The fourth-order valence-electron chi connectivity index (χ4n) is 1.70. The van der Waals surface area contributed by atoms with Gasteiger partial charge in [0.2, 0.25) is 5.91 Å². The van der Waals surface area contributed by atoms with Crippen molar-refractivity contribution >= 4 is 27.5 Å². The molecule has 0 aliphatic carbocycles. The van der Waals surface area contributed by atoms with Crippen molar-refractivity contribution in [1.29, 1.82) is 0 Å². The first-order chi connectivity index (χ1) is 8.74. The van der Waals surface area contributed by atoms with Gasteiger partial charge in [-0.25, -0.2) is 0 Å². The van der Waals surface area contributed by atoms with Crippen molar-refractivity contribution in [2.75, 3.05) is 5.32 Å². The number of carbonyl (C=O) groups excluding carboxylic acids is 1. The van der Waals surface area contributed by atoms with Crippen LogP contribution in [-0.2, 0) is 11.2 Å². The molecule has 0 saturated heterocycles. The molecule has 1 N–H and O–H groups in total. The number of nitrogens with one attached hydrogen (secondary N) is 1. The maximum Gasteiger partial charge on any atom is 0.224 e. The Labute approximate surface area is 115 Å². The molecule has 0 spiro atoms. The number of anilines is 1. The number of para-hydroxylation sites is 1. The lowest BCUT2D eigenvalue weighted by Crippen LogP contribution is -2.12. The summed E-state index contributed by atoms with van der Waals surface area (Å²) >= 11 is 3.42. The van der Waals surface area contributed by atoms with Crippen molar-refractivity contribution in [3.8, 4) is 0 Å². The average molecular weight is 304 g/mol. The van der Waals surface area contributed by atoms with Crippen molar-refractivity contribution in [1.82, 2.24) is 0 Å². The molecule has 0 unspecified atom stereocenters. The molecule has 18 heavy (non-hydrogen) atoms. The summed E-state index contributed by atoms with van der Waals surface area (Å²) in [6.45, 7) is 0. The van der Waals surface area contributed by atoms with Crippen LogP contribution in [0.4, 0.5) is 5.69 Å². The monoisotopic (exact) mass is 303 g/mol. The van der Waals surface area contributed by atoms with Gasteiger partial charge in [-0.3, -0.25) is 4.79 Å². The van der Waals surface area contributed by atoms with E-state index >= 15 is 0 Å². The van der Waals surface area contributed by atoms with Crippen molar-refractivity contribution in [2.24, 2.45) is 0 Å². The molecule has 0 bridgehead atoms. The summed E-state index contributed by atoms with van der Waals surface area (Å²) in [7, 11) is 0. The molecule has 0 aliphatic rings. The van der Waals surface area contributed by atoms with E-state index in [-0.39, 0.29) is 5.91 Å². The van der Waals surface area contributed by atoms with E-state index < -0.39 is 0 Å². The molecule has 2 nitrogen and oxygen atoms in total. The topological polar surface area (TPSA) is 29.1 Å². The molecule has 0 aromatic heterocycles. The summed E-state index contributed by atoms with van der Waals surface area (Å²) in [4.78, 5) is 11.7. The lowest BCUT2D eigenvalue weighted by molar-refractivity contribution is -0.116. The summed E-state index contributed by atoms with van der Waals surface area (Å²) < 4.78 is 1.04. The van der Waals surface area contributed by atoms with Crippen LogP contribution in [0.1, 0.15) is 12.0 Å². The van der Waals surface area contributed by atoms with Gasteiger partial charge >= 0.3 is 0 Å². The number of amides is 1. The van der Waals surface area contributed by atoms with Crippen LogP contribution in [0.3, 0.4) is 0 Å². The van der Waals surface area contributed by atoms with Crippen LogP contribution in [0, 0.1) is 0 Å². The van der Waals surface area contributed by atoms with Gasteiger partial charge in [0.05, 0.1) is 0 Å². The quantitative estimate of drug-likeness (QED) is 0.908. The Balaban J connectivity index is 1.85. The molecule has 0 aliphatic heterocycles. The van der Waals surface area contributed by atoms with Crippen molar-refractivity contribution in [2.45, 2.75) is 12.8 Å². The van der Waals surface area contributed by atoms with Gasteiger partial charge in [-0.2, -0.15) is 0 Å². The van der Waals surface area contributed by atoms with Crippen molar-refractivity contribution in [3.05, 3.63) is 64.6 Å². The van der Waals surface area contributed by atoms with Crippen molar-refractivity contribution < 1.29 is 4.79 Å². The van der Waals surface area contributed by atoms with Crippen LogP contribution in [0.2, 0.25) is 0 Å². The minimum absolute atomic E-state index is 0.0428. The van der Waals surface area contributed by atoms with Crippen molar-refractivity contribution in [3.63, 3.8) is 0 Å². The fourth-order valence-corrected chi connectivity index (χ4v) is 2.14. The molecule has 0 atom stereocenters. The maximum absolute atomic E-state index is 11.7. The third kappa shape index (κ3) is 4.00. The second kappa shape index (κ2) is 6.36. The van der Waals surface area contributed by atoms with Crippen LogP contribution in [0.25, 0.3) is 0 Å². The SMILES string of the molecule is O=C(CCc1cccc(Br)c1)Nc1ccccc1. The molecule has 92 valence electrons. The second-order valence-electron chi connectivity index (χ2n) is 4.04. The summed E-state index contributed by atoms with van der Waals surface area (Å²) in [5.74, 6) is 0.0428. The standard InChI is InChI=1S/C15H14BrNO/c16-13-6-4-5-12(11-13)9-10-15(18)17-14-7-2-1-3-8-14/h1-8,11H,9-10H2,(H,17,18). The number of rotatable bonds is 4. The van der Waals surface area contributed by atoms with E-state index in [9.17, 15) is 4.79 Å². The molecule has 1 amide bonds. The number of carbonyl (C=O) groups is 1. The van der Waals surface area contributed by atoms with Gasteiger partial charge in [-0.1, -0.05) is 46.3 Å². The zero-order chi connectivity index (χ0) is 12.8. The van der Waals surface area contributed by atoms with Crippen LogP contribution in [0.15, 0.2) is 59.1 Å². The fraction of sp³-hybridized carbons (Fsp3) is 0.133. The molecule has 0 saturated carbocycles. The normalized spacial score (nSPS) is 10.1. The summed E-state index contributed by atoms with van der Waals surface area (Å²) in [5, 5.41) is 2.88. The number of benzene rings is 2. The lowest BCUT2D eigenvalue weighted by atomic mass is 10.1. The third-order valence-electron chi connectivity index (χ3n) is 2.59. The number of hydrogen-bond donors (Lipinski definition) is 1. The van der Waals surface area contributed by atoms with Gasteiger partial charge in [0.15, 0.2) is 0 Å². The second-order valence-corrected chi connectivity index (χ2v) is 4.96. The minimum Gasteiger partial charge on any atom is -0.326 e. The van der Waals surface area contributed by atoms with Crippen LogP contribution in [0.5, 0.6) is 0 Å². The summed E-state index contributed by atoms with van der Waals surface area (Å²) in [6, 6.07) is 17.5. The van der Waals surface area contributed by atoms with E-state index in [0.717, 1.165) is 22.1 Å². The van der Waals surface area contributed by atoms with Crippen LogP contribution < -0.4 is 5.32 Å². The number of aryl methyl sites for hydroxylation is 1. The molecule has 0 radical (unpaired) electrons. The van der Waals surface area contributed by atoms with Gasteiger partial charge in [0, 0.05) is 16.6 Å². The van der Waals surface area contributed by atoms with E-state index in [2.05, 4.69) is 21.2 Å². The zero-order valence-electron chi connectivity index (χ0n) is 9.90. The molecule has 2 aromatic rings. The molecular formula is C15H14BrNO. The van der Waals surface area contributed by atoms with Crippen LogP contribution >= 0.6 is 15.9 Å². The van der Waals surface area contributed by atoms with Gasteiger partial charge in [0.25, 0.3) is 0 Å². The largest absolute Gasteiger partial charge is 0.326 e. The summed E-state index contributed by atoms with van der Waals surface area (Å²) in [6.07, 6.45) is 1.24.